The van der Waals surface area contributed by atoms with E-state index in [2.05, 4.69) is 53.8 Å². The molecule has 1 aliphatic heterocycles. The molecule has 0 bridgehead atoms. The van der Waals surface area contributed by atoms with E-state index in [1.807, 2.05) is 42.5 Å². The number of rotatable bonds is 7. The first-order valence-corrected chi connectivity index (χ1v) is 10.9. The second-order valence-corrected chi connectivity index (χ2v) is 8.26. The van der Waals surface area contributed by atoms with Crippen molar-refractivity contribution in [3.8, 4) is 0 Å². The third-order valence-electron chi connectivity index (χ3n) is 5.32. The number of hydrogen-bond acceptors (Lipinski definition) is 3. The minimum absolute atomic E-state index is 0.138. The summed E-state index contributed by atoms with van der Waals surface area (Å²) in [5.41, 5.74) is 6.11. The van der Waals surface area contributed by atoms with Gasteiger partial charge in [-0.2, -0.15) is 0 Å². The molecule has 1 aliphatic rings. The molecule has 3 aromatic rings. The Morgan fingerprint density at radius 1 is 1.03 bits per heavy atom. The molecule has 0 saturated heterocycles. The summed E-state index contributed by atoms with van der Waals surface area (Å²) in [6, 6.07) is 23.8. The lowest BCUT2D eigenvalue weighted by atomic mass is 10.00. The molecule has 1 heterocycles. The van der Waals surface area contributed by atoms with E-state index < -0.39 is 0 Å². The fourth-order valence-corrected chi connectivity index (χ4v) is 4.06. The smallest absolute Gasteiger partial charge is 0.258 e. The molecule has 0 aliphatic carbocycles. The highest BCUT2D eigenvalue weighted by atomic mass is 35.5. The number of carbonyl (C=O) groups excluding carboxylic acids is 1. The monoisotopic (exact) mass is 431 g/mol. The zero-order chi connectivity index (χ0) is 21.8. The summed E-state index contributed by atoms with van der Waals surface area (Å²) in [5, 5.41) is 7.04. The highest BCUT2D eigenvalue weighted by molar-refractivity contribution is 6.38. The Kier molecular flexibility index (Phi) is 6.40. The molecule has 3 aromatic carbocycles. The van der Waals surface area contributed by atoms with Gasteiger partial charge in [0.25, 0.3) is 5.91 Å². The number of amides is 1. The van der Waals surface area contributed by atoms with Crippen molar-refractivity contribution >= 4 is 40.2 Å². The summed E-state index contributed by atoms with van der Waals surface area (Å²) < 4.78 is 0. The van der Waals surface area contributed by atoms with Gasteiger partial charge in [-0.05, 0) is 55.4 Å². The lowest BCUT2D eigenvalue weighted by Gasteiger charge is -2.17. The van der Waals surface area contributed by atoms with Gasteiger partial charge in [-0.1, -0.05) is 67.1 Å². The van der Waals surface area contributed by atoms with E-state index in [0.717, 1.165) is 47.7 Å². The third-order valence-corrected chi connectivity index (χ3v) is 5.55. The van der Waals surface area contributed by atoms with Crippen molar-refractivity contribution < 1.29 is 4.79 Å². The van der Waals surface area contributed by atoms with Crippen LogP contribution in [0.15, 0.2) is 72.8 Å². The molecule has 158 valence electrons. The van der Waals surface area contributed by atoms with E-state index >= 15 is 0 Å². The average molecular weight is 432 g/mol. The lowest BCUT2D eigenvalue weighted by Crippen LogP contribution is -2.18. The Labute approximate surface area is 188 Å². The summed E-state index contributed by atoms with van der Waals surface area (Å²) in [7, 11) is 2.13. The second kappa shape index (κ2) is 9.38. The normalized spacial score (nSPS) is 14.4. The molecule has 0 unspecified atom stereocenters. The zero-order valence-corrected chi connectivity index (χ0v) is 18.5. The first-order chi connectivity index (χ1) is 15.0. The van der Waals surface area contributed by atoms with Gasteiger partial charge >= 0.3 is 0 Å². The van der Waals surface area contributed by atoms with E-state index in [1.54, 1.807) is 6.07 Å². The molecule has 4 nitrogen and oxygen atoms in total. The van der Waals surface area contributed by atoms with Crippen LogP contribution in [0.25, 0.3) is 11.3 Å². The van der Waals surface area contributed by atoms with Gasteiger partial charge in [0.1, 0.15) is 0 Å². The zero-order valence-electron chi connectivity index (χ0n) is 17.8. The minimum atomic E-state index is -0.138. The van der Waals surface area contributed by atoms with Crippen molar-refractivity contribution in [3.63, 3.8) is 0 Å². The fraction of sp³-hybridized carbons (Fsp3) is 0.192. The second-order valence-electron chi connectivity index (χ2n) is 7.82. The SMILES string of the molecule is CCCN(C)Cc1ccc(NC(=C2C(=O)Nc3cc(Cl)ccc32)c2ccccc2)cc1. The van der Waals surface area contributed by atoms with Crippen molar-refractivity contribution in [2.24, 2.45) is 0 Å². The number of carbonyl (C=O) groups is 1. The molecule has 0 saturated carbocycles. The molecule has 0 radical (unpaired) electrons. The molecule has 0 fully saturated rings. The molecular formula is C26H26ClN3O. The Bertz CT molecular complexity index is 1110. The maximum Gasteiger partial charge on any atom is 0.258 e. The summed E-state index contributed by atoms with van der Waals surface area (Å²) in [4.78, 5) is 15.2. The van der Waals surface area contributed by atoms with E-state index in [9.17, 15) is 4.79 Å². The summed E-state index contributed by atoms with van der Waals surface area (Å²) in [6.45, 7) is 4.17. The van der Waals surface area contributed by atoms with Crippen molar-refractivity contribution in [3.05, 3.63) is 94.5 Å². The Balaban J connectivity index is 1.70. The van der Waals surface area contributed by atoms with Crippen LogP contribution in [0.4, 0.5) is 11.4 Å². The molecule has 0 atom stereocenters. The molecule has 4 rings (SSSR count). The third kappa shape index (κ3) is 4.82. The summed E-state index contributed by atoms with van der Waals surface area (Å²) >= 11 is 6.13. The first kappa shape index (κ1) is 21.2. The largest absolute Gasteiger partial charge is 0.354 e. The number of nitrogens with zero attached hydrogens (tertiary/aromatic N) is 1. The van der Waals surface area contributed by atoms with Crippen molar-refractivity contribution in [2.75, 3.05) is 24.2 Å². The van der Waals surface area contributed by atoms with Crippen LogP contribution in [0, 0.1) is 0 Å². The quantitative estimate of drug-likeness (QED) is 0.443. The molecular weight excluding hydrogens is 406 g/mol. The highest BCUT2D eigenvalue weighted by Crippen LogP contribution is 2.38. The molecule has 2 N–H and O–H groups in total. The van der Waals surface area contributed by atoms with E-state index in [1.165, 1.54) is 5.56 Å². The Hall–Kier alpha value is -3.08. The van der Waals surface area contributed by atoms with Crippen LogP contribution in [0.5, 0.6) is 0 Å². The lowest BCUT2D eigenvalue weighted by molar-refractivity contribution is -0.110. The standard InChI is InChI=1S/C26H26ClN3O/c1-3-15-30(2)17-18-9-12-21(13-10-18)28-25(19-7-5-4-6-8-19)24-22-14-11-20(27)16-23(22)29-26(24)31/h4-14,16,28H,3,15,17H2,1-2H3,(H,29,31). The molecule has 1 amide bonds. The van der Waals surface area contributed by atoms with Crippen LogP contribution in [0.2, 0.25) is 5.02 Å². The molecule has 31 heavy (non-hydrogen) atoms. The Morgan fingerprint density at radius 3 is 2.48 bits per heavy atom. The number of hydrogen-bond donors (Lipinski definition) is 2. The van der Waals surface area contributed by atoms with E-state index in [-0.39, 0.29) is 5.91 Å². The van der Waals surface area contributed by atoms with Gasteiger partial charge in [-0.15, -0.1) is 0 Å². The van der Waals surface area contributed by atoms with Crippen molar-refractivity contribution in [2.45, 2.75) is 19.9 Å². The molecule has 0 aromatic heterocycles. The van der Waals surface area contributed by atoms with Gasteiger partial charge in [0.05, 0.1) is 17.0 Å². The fourth-order valence-electron chi connectivity index (χ4n) is 3.89. The number of nitrogens with one attached hydrogen (secondary N) is 2. The maximum absolute atomic E-state index is 12.9. The number of benzene rings is 3. The predicted octanol–water partition coefficient (Wildman–Crippen LogP) is 6.11. The predicted molar refractivity (Wildman–Crippen MR) is 130 cm³/mol. The number of fused-ring (bicyclic) bond motifs is 1. The van der Waals surface area contributed by atoms with Crippen LogP contribution in [0.3, 0.4) is 0 Å². The molecule has 0 spiro atoms. The van der Waals surface area contributed by atoms with Gasteiger partial charge in [-0.25, -0.2) is 0 Å². The van der Waals surface area contributed by atoms with Gasteiger partial charge in [0.15, 0.2) is 0 Å². The number of halogens is 1. The average Bonchev–Trinajstić information content (AvgIpc) is 3.08. The molecule has 5 heteroatoms. The van der Waals surface area contributed by atoms with Gasteiger partial charge in [0, 0.05) is 22.8 Å². The van der Waals surface area contributed by atoms with Gasteiger partial charge < -0.3 is 15.5 Å². The summed E-state index contributed by atoms with van der Waals surface area (Å²) in [5.74, 6) is -0.138. The highest BCUT2D eigenvalue weighted by Gasteiger charge is 2.28. The first-order valence-electron chi connectivity index (χ1n) is 10.5. The van der Waals surface area contributed by atoms with E-state index in [0.29, 0.717) is 10.6 Å². The van der Waals surface area contributed by atoms with Crippen LogP contribution < -0.4 is 10.6 Å². The topological polar surface area (TPSA) is 44.4 Å². The van der Waals surface area contributed by atoms with Gasteiger partial charge in [0.2, 0.25) is 0 Å². The van der Waals surface area contributed by atoms with Gasteiger partial charge in [-0.3, -0.25) is 4.79 Å². The van der Waals surface area contributed by atoms with Crippen molar-refractivity contribution in [1.82, 2.24) is 4.90 Å². The summed E-state index contributed by atoms with van der Waals surface area (Å²) in [6.07, 6.45) is 1.14. The minimum Gasteiger partial charge on any atom is -0.354 e. The van der Waals surface area contributed by atoms with Crippen molar-refractivity contribution in [1.29, 1.82) is 0 Å². The maximum atomic E-state index is 12.9. The Morgan fingerprint density at radius 2 is 1.77 bits per heavy atom. The number of anilines is 2. The van der Waals surface area contributed by atoms with E-state index in [4.69, 9.17) is 11.6 Å². The van der Waals surface area contributed by atoms with Crippen LogP contribution in [-0.2, 0) is 11.3 Å². The van der Waals surface area contributed by atoms with Crippen LogP contribution in [0.1, 0.15) is 30.0 Å². The van der Waals surface area contributed by atoms with Crippen LogP contribution >= 0.6 is 11.6 Å². The van der Waals surface area contributed by atoms with Crippen LogP contribution in [-0.4, -0.2) is 24.4 Å².